The number of rotatable bonds is 13. The lowest BCUT2D eigenvalue weighted by molar-refractivity contribution is -0.152. The van der Waals surface area contributed by atoms with Crippen LogP contribution in [0.2, 0.25) is 0 Å². The second-order valence-corrected chi connectivity index (χ2v) is 10.4. The van der Waals surface area contributed by atoms with Gasteiger partial charge < -0.3 is 20.5 Å². The molecule has 3 rings (SSSR count). The van der Waals surface area contributed by atoms with Crippen LogP contribution < -0.4 is 11.1 Å². The van der Waals surface area contributed by atoms with E-state index in [0.717, 1.165) is 35.1 Å². The molecule has 7 heteroatoms. The summed E-state index contributed by atoms with van der Waals surface area (Å²) in [7, 11) is 0. The van der Waals surface area contributed by atoms with E-state index < -0.39 is 18.0 Å². The van der Waals surface area contributed by atoms with Crippen molar-refractivity contribution in [2.45, 2.75) is 58.9 Å². The summed E-state index contributed by atoms with van der Waals surface area (Å²) in [5.74, 6) is -0.921. The summed E-state index contributed by atoms with van der Waals surface area (Å²) in [6.45, 7) is 8.12. The van der Waals surface area contributed by atoms with Crippen LogP contribution in [0.15, 0.2) is 48.5 Å². The van der Waals surface area contributed by atoms with E-state index >= 15 is 0 Å². The molecule has 0 bridgehead atoms. The van der Waals surface area contributed by atoms with E-state index in [4.69, 9.17) is 15.2 Å². The first kappa shape index (κ1) is 28.4. The highest BCUT2D eigenvalue weighted by Crippen LogP contribution is 2.44. The normalized spacial score (nSPS) is 14.9. The Morgan fingerprint density at radius 1 is 0.946 bits per heavy atom. The van der Waals surface area contributed by atoms with Gasteiger partial charge in [-0.1, -0.05) is 82.6 Å². The summed E-state index contributed by atoms with van der Waals surface area (Å²) in [5, 5.41) is 2.54. The first-order chi connectivity index (χ1) is 17.7. The van der Waals surface area contributed by atoms with E-state index in [0.29, 0.717) is 5.92 Å². The zero-order chi connectivity index (χ0) is 26.9. The van der Waals surface area contributed by atoms with Gasteiger partial charge >= 0.3 is 12.1 Å². The molecule has 0 aliphatic heterocycles. The topological polar surface area (TPSA) is 108 Å². The van der Waals surface area contributed by atoms with Crippen LogP contribution in [-0.2, 0) is 19.1 Å². The Morgan fingerprint density at radius 2 is 1.54 bits per heavy atom. The van der Waals surface area contributed by atoms with Gasteiger partial charge in [0, 0.05) is 18.4 Å². The summed E-state index contributed by atoms with van der Waals surface area (Å²) >= 11 is 0. The van der Waals surface area contributed by atoms with Crippen molar-refractivity contribution in [3.63, 3.8) is 0 Å². The number of Topliss-reactive ketones (excluding diaryl/α,β-unsaturated/α-hetero) is 1. The average Bonchev–Trinajstić information content (AvgIpc) is 3.20. The highest BCUT2D eigenvalue weighted by molar-refractivity contribution is 5.88. The largest absolute Gasteiger partial charge is 0.464 e. The smallest absolute Gasteiger partial charge is 0.407 e. The predicted molar refractivity (Wildman–Crippen MR) is 144 cm³/mol. The van der Waals surface area contributed by atoms with Gasteiger partial charge in [-0.25, -0.2) is 4.79 Å². The number of fused-ring (bicyclic) bond motifs is 3. The third-order valence-corrected chi connectivity index (χ3v) is 7.07. The molecule has 0 saturated heterocycles. The minimum atomic E-state index is -0.655. The van der Waals surface area contributed by atoms with Crippen molar-refractivity contribution in [2.75, 3.05) is 19.8 Å². The summed E-state index contributed by atoms with van der Waals surface area (Å²) in [6.07, 6.45) is 0.823. The summed E-state index contributed by atoms with van der Waals surface area (Å²) in [5.41, 5.74) is 10.6. The van der Waals surface area contributed by atoms with Gasteiger partial charge in [-0.3, -0.25) is 9.59 Å². The molecule has 3 atom stereocenters. The Bertz CT molecular complexity index is 1040. The van der Waals surface area contributed by atoms with Gasteiger partial charge in [0.05, 0.1) is 12.5 Å². The van der Waals surface area contributed by atoms with Gasteiger partial charge in [-0.15, -0.1) is 0 Å². The van der Waals surface area contributed by atoms with Gasteiger partial charge in [0.2, 0.25) is 0 Å². The first-order valence-corrected chi connectivity index (χ1v) is 13.2. The first-order valence-electron chi connectivity index (χ1n) is 13.2. The Kier molecular flexibility index (Phi) is 10.3. The van der Waals surface area contributed by atoms with E-state index in [2.05, 4.69) is 43.4 Å². The number of benzene rings is 2. The fourth-order valence-electron chi connectivity index (χ4n) is 4.91. The van der Waals surface area contributed by atoms with Crippen molar-refractivity contribution in [1.82, 2.24) is 5.32 Å². The quantitative estimate of drug-likeness (QED) is 0.366. The second kappa shape index (κ2) is 13.4. The second-order valence-electron chi connectivity index (χ2n) is 10.4. The molecule has 3 N–H and O–H groups in total. The number of carbonyl (C=O) groups is 3. The number of nitrogens with one attached hydrogen (secondary N) is 1. The van der Waals surface area contributed by atoms with Gasteiger partial charge in [0.15, 0.2) is 5.78 Å². The molecule has 1 aliphatic carbocycles. The average molecular weight is 509 g/mol. The van der Waals surface area contributed by atoms with Crippen LogP contribution in [0.25, 0.3) is 11.1 Å². The highest BCUT2D eigenvalue weighted by atomic mass is 16.5. The van der Waals surface area contributed by atoms with Gasteiger partial charge in [-0.2, -0.15) is 0 Å². The number of carbonyl (C=O) groups excluding carboxylic acids is 3. The molecule has 1 aliphatic rings. The van der Waals surface area contributed by atoms with Crippen LogP contribution in [0, 0.1) is 17.8 Å². The molecule has 0 fully saturated rings. The maximum absolute atomic E-state index is 12.7. The molecular formula is C30H40N2O5. The standard InChI is InChI=1S/C30H40N2O5/c1-5-20(4)27(29(34)36-17-21(31)14-19(2)3)15-22(33)16-32-30(35)37-18-28-25-12-8-6-10-23(25)24-11-7-9-13-26(24)28/h6-13,19-21,27-28H,5,14-18,31H2,1-4H3,(H,32,35)/t20-,21-,27-/m0/s1. The number of hydrogen-bond donors (Lipinski definition) is 2. The number of ketones is 1. The Hall–Kier alpha value is -3.19. The number of esters is 1. The Labute approximate surface area is 220 Å². The lowest BCUT2D eigenvalue weighted by Crippen LogP contribution is -2.36. The molecule has 0 radical (unpaired) electrons. The Balaban J connectivity index is 1.49. The summed E-state index contributed by atoms with van der Waals surface area (Å²) < 4.78 is 10.9. The van der Waals surface area contributed by atoms with E-state index in [-0.39, 0.29) is 49.8 Å². The molecule has 0 heterocycles. The molecular weight excluding hydrogens is 468 g/mol. The fourth-order valence-corrected chi connectivity index (χ4v) is 4.91. The van der Waals surface area contributed by atoms with Gasteiger partial charge in [0.1, 0.15) is 13.2 Å². The number of alkyl carbamates (subject to hydrolysis) is 1. The van der Waals surface area contributed by atoms with E-state index in [9.17, 15) is 14.4 Å². The van der Waals surface area contributed by atoms with Crippen LogP contribution in [0.1, 0.15) is 64.0 Å². The molecule has 200 valence electrons. The summed E-state index contributed by atoms with van der Waals surface area (Å²) in [6, 6.07) is 16.0. The monoisotopic (exact) mass is 508 g/mol. The fraction of sp³-hybridized carbons (Fsp3) is 0.500. The molecule has 2 aromatic carbocycles. The molecule has 1 amide bonds. The zero-order valence-electron chi connectivity index (χ0n) is 22.4. The molecule has 2 aromatic rings. The van der Waals surface area contributed by atoms with Crippen LogP contribution >= 0.6 is 0 Å². The minimum Gasteiger partial charge on any atom is -0.464 e. The SMILES string of the molecule is CC[C@H](C)[C@H](CC(=O)CNC(=O)OCC1c2ccccc2-c2ccccc21)C(=O)OC[C@@H](N)CC(C)C. The molecule has 0 aromatic heterocycles. The van der Waals surface area contributed by atoms with Gasteiger partial charge in [0.25, 0.3) is 0 Å². The van der Waals surface area contributed by atoms with Crippen LogP contribution in [-0.4, -0.2) is 43.6 Å². The van der Waals surface area contributed by atoms with Crippen molar-refractivity contribution in [2.24, 2.45) is 23.5 Å². The molecule has 0 saturated carbocycles. The van der Waals surface area contributed by atoms with E-state index in [1.165, 1.54) is 0 Å². The van der Waals surface area contributed by atoms with Gasteiger partial charge in [-0.05, 0) is 40.5 Å². The molecule has 7 nitrogen and oxygen atoms in total. The lowest BCUT2D eigenvalue weighted by atomic mass is 9.87. The predicted octanol–water partition coefficient (Wildman–Crippen LogP) is 5.06. The minimum absolute atomic E-state index is 0.00306. The van der Waals surface area contributed by atoms with Crippen molar-refractivity contribution in [3.8, 4) is 11.1 Å². The van der Waals surface area contributed by atoms with Crippen LogP contribution in [0.4, 0.5) is 4.79 Å². The Morgan fingerprint density at radius 3 is 2.11 bits per heavy atom. The molecule has 0 unspecified atom stereocenters. The van der Waals surface area contributed by atoms with Crippen LogP contribution in [0.3, 0.4) is 0 Å². The van der Waals surface area contributed by atoms with Crippen molar-refractivity contribution in [1.29, 1.82) is 0 Å². The van der Waals surface area contributed by atoms with Crippen molar-refractivity contribution in [3.05, 3.63) is 59.7 Å². The third kappa shape index (κ3) is 7.65. The van der Waals surface area contributed by atoms with Crippen molar-refractivity contribution < 1.29 is 23.9 Å². The number of ether oxygens (including phenoxy) is 2. The van der Waals surface area contributed by atoms with Crippen LogP contribution in [0.5, 0.6) is 0 Å². The maximum atomic E-state index is 12.7. The number of hydrogen-bond acceptors (Lipinski definition) is 6. The number of nitrogens with two attached hydrogens (primary N) is 1. The van der Waals surface area contributed by atoms with Crippen molar-refractivity contribution >= 4 is 17.8 Å². The third-order valence-electron chi connectivity index (χ3n) is 7.07. The molecule has 37 heavy (non-hydrogen) atoms. The van der Waals surface area contributed by atoms with E-state index in [1.807, 2.05) is 38.1 Å². The summed E-state index contributed by atoms with van der Waals surface area (Å²) in [4.78, 5) is 37.8. The number of amides is 1. The highest BCUT2D eigenvalue weighted by Gasteiger charge is 2.30. The lowest BCUT2D eigenvalue weighted by Gasteiger charge is -2.22. The maximum Gasteiger partial charge on any atom is 0.407 e. The van der Waals surface area contributed by atoms with E-state index in [1.54, 1.807) is 0 Å². The zero-order valence-corrected chi connectivity index (χ0v) is 22.4. The molecule has 0 spiro atoms.